The van der Waals surface area contributed by atoms with Gasteiger partial charge in [0.2, 0.25) is 5.91 Å². The van der Waals surface area contributed by atoms with E-state index in [4.69, 9.17) is 0 Å². The van der Waals surface area contributed by atoms with Crippen LogP contribution in [-0.2, 0) is 11.3 Å². The molecule has 0 spiro atoms. The van der Waals surface area contributed by atoms with Crippen LogP contribution in [-0.4, -0.2) is 20.4 Å². The Morgan fingerprint density at radius 1 is 1.42 bits per heavy atom. The van der Waals surface area contributed by atoms with Gasteiger partial charge in [-0.3, -0.25) is 4.79 Å². The second-order valence-corrected chi connectivity index (χ2v) is 3.71. The average Bonchev–Trinajstić information content (AvgIpc) is 2.78. The van der Waals surface area contributed by atoms with Gasteiger partial charge in [0.15, 0.2) is 0 Å². The molecule has 7 heteroatoms. The van der Waals surface area contributed by atoms with Crippen LogP contribution in [0.25, 0.3) is 0 Å². The van der Waals surface area contributed by atoms with Gasteiger partial charge < -0.3 is 15.8 Å². The maximum Gasteiger partial charge on any atom is 0.434 e. The van der Waals surface area contributed by atoms with E-state index in [-0.39, 0.29) is 11.9 Å². The summed E-state index contributed by atoms with van der Waals surface area (Å²) < 4.78 is 1.51. The van der Waals surface area contributed by atoms with Crippen molar-refractivity contribution >= 4 is 11.9 Å². The minimum Gasteiger partial charge on any atom is -0.390 e. The number of nitro groups is 1. The van der Waals surface area contributed by atoms with Crippen molar-refractivity contribution in [1.29, 1.82) is 0 Å². The summed E-state index contributed by atoms with van der Waals surface area (Å²) in [5.74, 6) is -0.459. The lowest BCUT2D eigenvalue weighted by Gasteiger charge is -2.00. The molecule has 0 bridgehead atoms. The Balaban J connectivity index is 0.000000399. The Hall–Kier alpha value is -2.70. The maximum absolute atomic E-state index is 10.6. The first-order valence-electron chi connectivity index (χ1n) is 5.46. The molecule has 2 rings (SSSR count). The average molecular weight is 262 g/mol. The monoisotopic (exact) mass is 262 g/mol. The summed E-state index contributed by atoms with van der Waals surface area (Å²) in [5, 5.41) is 10.6. The number of hydrogen-bond donors (Lipinski definition) is 1. The normalized spacial score (nSPS) is 9.32. The lowest BCUT2D eigenvalue weighted by atomic mass is 10.2. The first kappa shape index (κ1) is 14.4. The second kappa shape index (κ2) is 6.90. The fraction of sp³-hybridized carbons (Fsp3) is 0.167. The number of carbonyl (C=O) groups is 1. The predicted molar refractivity (Wildman–Crippen MR) is 69.3 cm³/mol. The van der Waals surface area contributed by atoms with Gasteiger partial charge in [-0.2, -0.15) is 0 Å². The number of aromatic nitrogens is 2. The van der Waals surface area contributed by atoms with Gasteiger partial charge in [0.1, 0.15) is 12.4 Å². The Bertz CT molecular complexity index is 547. The van der Waals surface area contributed by atoms with Gasteiger partial charge in [-0.15, -0.1) is 0 Å². The molecular formula is C12H14N4O3. The summed E-state index contributed by atoms with van der Waals surface area (Å²) in [6, 6.07) is 9.55. The summed E-state index contributed by atoms with van der Waals surface area (Å²) in [4.78, 5) is 23.0. The third-order valence-corrected chi connectivity index (χ3v) is 2.05. The standard InChI is InChI=1S/C10H9N3O2.C2H5NO/c14-13(15)10-11-6-7-12(10)8-9-4-2-1-3-5-9;1-2(3)4/h1-7H,8H2;1H3,(H2,3,4). The molecule has 100 valence electrons. The van der Waals surface area contributed by atoms with E-state index >= 15 is 0 Å². The molecule has 0 unspecified atom stereocenters. The van der Waals surface area contributed by atoms with Crippen LogP contribution in [0.2, 0.25) is 0 Å². The summed E-state index contributed by atoms with van der Waals surface area (Å²) in [5.41, 5.74) is 5.48. The van der Waals surface area contributed by atoms with Gasteiger partial charge in [-0.1, -0.05) is 35.3 Å². The summed E-state index contributed by atoms with van der Waals surface area (Å²) >= 11 is 0. The molecule has 19 heavy (non-hydrogen) atoms. The van der Waals surface area contributed by atoms with Crippen molar-refractivity contribution in [2.24, 2.45) is 5.73 Å². The third-order valence-electron chi connectivity index (χ3n) is 2.05. The zero-order valence-electron chi connectivity index (χ0n) is 10.4. The van der Waals surface area contributed by atoms with Gasteiger partial charge in [0.05, 0.1) is 6.54 Å². The van der Waals surface area contributed by atoms with E-state index in [1.807, 2.05) is 30.3 Å². The zero-order chi connectivity index (χ0) is 14.3. The van der Waals surface area contributed by atoms with E-state index in [0.717, 1.165) is 5.56 Å². The van der Waals surface area contributed by atoms with E-state index in [0.29, 0.717) is 6.54 Å². The number of imidazole rings is 1. The van der Waals surface area contributed by atoms with Crippen LogP contribution in [0, 0.1) is 10.1 Å². The molecule has 0 fully saturated rings. The number of nitrogens with zero attached hydrogens (tertiary/aromatic N) is 3. The summed E-state index contributed by atoms with van der Waals surface area (Å²) in [7, 11) is 0. The first-order valence-corrected chi connectivity index (χ1v) is 5.46. The van der Waals surface area contributed by atoms with Crippen molar-refractivity contribution in [3.8, 4) is 0 Å². The largest absolute Gasteiger partial charge is 0.434 e. The zero-order valence-corrected chi connectivity index (χ0v) is 10.4. The molecule has 2 aromatic rings. The fourth-order valence-electron chi connectivity index (χ4n) is 1.38. The minimum atomic E-state index is -0.483. The molecule has 2 N–H and O–H groups in total. The number of rotatable bonds is 3. The van der Waals surface area contributed by atoms with Crippen LogP contribution in [0.5, 0.6) is 0 Å². The number of nitrogens with two attached hydrogens (primary N) is 1. The van der Waals surface area contributed by atoms with Crippen molar-refractivity contribution in [2.45, 2.75) is 13.5 Å². The van der Waals surface area contributed by atoms with Crippen molar-refractivity contribution in [2.75, 3.05) is 0 Å². The summed E-state index contributed by atoms with van der Waals surface area (Å²) in [6.07, 6.45) is 3.03. The van der Waals surface area contributed by atoms with E-state index in [9.17, 15) is 14.9 Å². The number of amides is 1. The second-order valence-electron chi connectivity index (χ2n) is 3.71. The highest BCUT2D eigenvalue weighted by atomic mass is 16.6. The lowest BCUT2D eigenvalue weighted by molar-refractivity contribution is -0.396. The highest BCUT2D eigenvalue weighted by Crippen LogP contribution is 2.10. The molecule has 0 atom stereocenters. The summed E-state index contributed by atoms with van der Waals surface area (Å²) in [6.45, 7) is 1.77. The van der Waals surface area contributed by atoms with Crippen molar-refractivity contribution in [1.82, 2.24) is 9.55 Å². The van der Waals surface area contributed by atoms with Gasteiger partial charge in [0.25, 0.3) is 0 Å². The molecule has 0 aliphatic rings. The van der Waals surface area contributed by atoms with Crippen LogP contribution < -0.4 is 5.73 Å². The molecule has 1 aromatic carbocycles. The van der Waals surface area contributed by atoms with Crippen LogP contribution >= 0.6 is 0 Å². The smallest absolute Gasteiger partial charge is 0.390 e. The molecule has 0 aliphatic heterocycles. The van der Waals surface area contributed by atoms with E-state index in [1.54, 1.807) is 6.20 Å². The molecule has 1 amide bonds. The Morgan fingerprint density at radius 2 is 2.00 bits per heavy atom. The molecule has 0 saturated heterocycles. The molecule has 1 aromatic heterocycles. The molecule has 7 nitrogen and oxygen atoms in total. The number of benzene rings is 1. The molecule has 0 saturated carbocycles. The quantitative estimate of drug-likeness (QED) is 0.665. The SMILES string of the molecule is CC(N)=O.O=[N+]([O-])c1nccn1Cc1ccccc1. The van der Waals surface area contributed by atoms with Crippen LogP contribution in [0.15, 0.2) is 42.7 Å². The van der Waals surface area contributed by atoms with E-state index in [1.165, 1.54) is 17.7 Å². The molecule has 0 radical (unpaired) electrons. The van der Waals surface area contributed by atoms with Gasteiger partial charge >= 0.3 is 5.95 Å². The molecule has 0 aliphatic carbocycles. The number of carbonyl (C=O) groups excluding carboxylic acids is 1. The van der Waals surface area contributed by atoms with E-state index in [2.05, 4.69) is 10.7 Å². The Kier molecular flexibility index (Phi) is 5.21. The highest BCUT2D eigenvalue weighted by Gasteiger charge is 2.13. The molecular weight excluding hydrogens is 248 g/mol. The fourth-order valence-corrected chi connectivity index (χ4v) is 1.38. The number of hydrogen-bond acceptors (Lipinski definition) is 4. The minimum absolute atomic E-state index is 0.126. The Labute approximate surface area is 109 Å². The maximum atomic E-state index is 10.6. The van der Waals surface area contributed by atoms with Crippen LogP contribution in [0.4, 0.5) is 5.95 Å². The molecule has 1 heterocycles. The van der Waals surface area contributed by atoms with Crippen LogP contribution in [0.3, 0.4) is 0 Å². The number of primary amides is 1. The van der Waals surface area contributed by atoms with Crippen molar-refractivity contribution in [3.05, 3.63) is 58.4 Å². The van der Waals surface area contributed by atoms with Gasteiger partial charge in [-0.25, -0.2) is 4.57 Å². The third kappa shape index (κ3) is 4.99. The van der Waals surface area contributed by atoms with Crippen molar-refractivity contribution < 1.29 is 9.72 Å². The first-order chi connectivity index (χ1) is 9.00. The highest BCUT2D eigenvalue weighted by molar-refractivity contribution is 5.70. The predicted octanol–water partition coefficient (Wildman–Crippen LogP) is 1.33. The van der Waals surface area contributed by atoms with Crippen molar-refractivity contribution in [3.63, 3.8) is 0 Å². The topological polar surface area (TPSA) is 104 Å². The van der Waals surface area contributed by atoms with E-state index < -0.39 is 4.92 Å². The van der Waals surface area contributed by atoms with Gasteiger partial charge in [-0.05, 0) is 10.5 Å². The Morgan fingerprint density at radius 3 is 2.53 bits per heavy atom. The lowest BCUT2D eigenvalue weighted by Crippen LogP contribution is -2.03. The van der Waals surface area contributed by atoms with Crippen LogP contribution in [0.1, 0.15) is 12.5 Å². The van der Waals surface area contributed by atoms with Gasteiger partial charge in [0, 0.05) is 6.92 Å².